The molecule has 0 unspecified atom stereocenters. The zero-order chi connectivity index (χ0) is 20.4. The number of ether oxygens (including phenoxy) is 1. The summed E-state index contributed by atoms with van der Waals surface area (Å²) in [5.41, 5.74) is 7.12. The van der Waals surface area contributed by atoms with E-state index in [1.54, 1.807) is 24.5 Å². The van der Waals surface area contributed by atoms with Crippen LogP contribution < -0.4 is 5.73 Å². The van der Waals surface area contributed by atoms with Gasteiger partial charge in [0.15, 0.2) is 8.32 Å². The lowest BCUT2D eigenvalue weighted by Gasteiger charge is -2.36. The van der Waals surface area contributed by atoms with Crippen LogP contribution in [0.1, 0.15) is 36.9 Å². The summed E-state index contributed by atoms with van der Waals surface area (Å²) in [5, 5.41) is 10.7. The van der Waals surface area contributed by atoms with Crippen molar-refractivity contribution in [1.82, 2.24) is 0 Å². The van der Waals surface area contributed by atoms with E-state index in [1.807, 2.05) is 0 Å². The van der Waals surface area contributed by atoms with Crippen molar-refractivity contribution in [1.29, 1.82) is 0 Å². The van der Waals surface area contributed by atoms with Crippen LogP contribution >= 0.6 is 0 Å². The fourth-order valence-electron chi connectivity index (χ4n) is 2.53. The van der Waals surface area contributed by atoms with Crippen molar-refractivity contribution in [3.05, 3.63) is 35.8 Å². The number of carbonyl (C=O) groups is 1. The highest BCUT2D eigenvalue weighted by molar-refractivity contribution is 6.74. The lowest BCUT2D eigenvalue weighted by molar-refractivity contribution is 0.0599. The van der Waals surface area contributed by atoms with Crippen LogP contribution in [-0.2, 0) is 15.6 Å². The van der Waals surface area contributed by atoms with Gasteiger partial charge in [-0.2, -0.15) is 0 Å². The Labute approximate surface area is 161 Å². The third-order valence-corrected chi connectivity index (χ3v) is 9.77. The zero-order valence-electron chi connectivity index (χ0n) is 16.9. The monoisotopic (exact) mass is 391 g/mol. The number of methoxy groups -OCH3 is 1. The SMILES string of the molecule is COC(=O)c1c(N)ccc(-c2ccoc2CCO[Si](C)(C)C(C)(C)C)c1O. The van der Waals surface area contributed by atoms with E-state index in [0.29, 0.717) is 29.9 Å². The highest BCUT2D eigenvalue weighted by atomic mass is 28.4. The Morgan fingerprint density at radius 3 is 2.48 bits per heavy atom. The van der Waals surface area contributed by atoms with Crippen molar-refractivity contribution < 1.29 is 23.5 Å². The van der Waals surface area contributed by atoms with Crippen LogP contribution in [0.25, 0.3) is 11.1 Å². The summed E-state index contributed by atoms with van der Waals surface area (Å²) in [5.74, 6) is -0.211. The average molecular weight is 392 g/mol. The summed E-state index contributed by atoms with van der Waals surface area (Å²) in [4.78, 5) is 11.9. The van der Waals surface area contributed by atoms with Crippen LogP contribution in [0.5, 0.6) is 5.75 Å². The highest BCUT2D eigenvalue weighted by Gasteiger charge is 2.37. The molecule has 2 aromatic rings. The smallest absolute Gasteiger partial charge is 0.343 e. The first-order valence-corrected chi connectivity index (χ1v) is 11.8. The Kier molecular flexibility index (Phi) is 6.06. The van der Waals surface area contributed by atoms with Crippen LogP contribution in [0.15, 0.2) is 28.9 Å². The zero-order valence-corrected chi connectivity index (χ0v) is 17.9. The fraction of sp³-hybridized carbons (Fsp3) is 0.450. The van der Waals surface area contributed by atoms with Crippen molar-refractivity contribution in [3.63, 3.8) is 0 Å². The number of anilines is 1. The maximum Gasteiger partial charge on any atom is 0.343 e. The molecule has 1 aromatic carbocycles. The second-order valence-electron chi connectivity index (χ2n) is 8.03. The summed E-state index contributed by atoms with van der Waals surface area (Å²) in [6, 6.07) is 5.00. The molecule has 3 N–H and O–H groups in total. The fourth-order valence-corrected chi connectivity index (χ4v) is 3.58. The number of hydrogen-bond donors (Lipinski definition) is 2. The van der Waals surface area contributed by atoms with E-state index in [9.17, 15) is 9.90 Å². The topological polar surface area (TPSA) is 94.9 Å². The molecule has 0 aliphatic rings. The summed E-state index contributed by atoms with van der Waals surface area (Å²) in [7, 11) is -0.606. The van der Waals surface area contributed by atoms with Gasteiger partial charge < -0.3 is 24.4 Å². The number of carbonyl (C=O) groups excluding carboxylic acids is 1. The highest BCUT2D eigenvalue weighted by Crippen LogP contribution is 2.39. The Morgan fingerprint density at radius 1 is 1.22 bits per heavy atom. The van der Waals surface area contributed by atoms with Gasteiger partial charge in [0.1, 0.15) is 17.1 Å². The van der Waals surface area contributed by atoms with Crippen molar-refractivity contribution in [2.24, 2.45) is 0 Å². The third kappa shape index (κ3) is 4.36. The number of benzene rings is 1. The second-order valence-corrected chi connectivity index (χ2v) is 12.8. The van der Waals surface area contributed by atoms with Gasteiger partial charge in [-0.3, -0.25) is 0 Å². The van der Waals surface area contributed by atoms with E-state index in [2.05, 4.69) is 33.9 Å². The van der Waals surface area contributed by atoms with E-state index in [1.165, 1.54) is 7.11 Å². The number of nitrogens with two attached hydrogens (primary N) is 1. The molecule has 0 fully saturated rings. The molecular weight excluding hydrogens is 362 g/mol. The van der Waals surface area contributed by atoms with Gasteiger partial charge in [0.2, 0.25) is 0 Å². The molecule has 1 aromatic heterocycles. The van der Waals surface area contributed by atoms with Crippen molar-refractivity contribution >= 4 is 20.0 Å². The molecule has 27 heavy (non-hydrogen) atoms. The van der Waals surface area contributed by atoms with Crippen molar-refractivity contribution in [3.8, 4) is 16.9 Å². The number of phenolic OH excluding ortho intramolecular Hbond substituents is 1. The second kappa shape index (κ2) is 7.78. The Hall–Kier alpha value is -2.25. The average Bonchev–Trinajstić information content (AvgIpc) is 3.01. The first-order chi connectivity index (χ1) is 12.5. The van der Waals surface area contributed by atoms with Gasteiger partial charge in [-0.15, -0.1) is 0 Å². The van der Waals surface area contributed by atoms with Gasteiger partial charge in [-0.25, -0.2) is 4.79 Å². The number of aromatic hydroxyl groups is 1. The molecule has 0 aliphatic heterocycles. The van der Waals surface area contributed by atoms with Crippen LogP contribution in [0.2, 0.25) is 18.1 Å². The predicted octanol–water partition coefficient (Wildman–Crippen LogP) is 4.59. The number of nitrogen functional groups attached to an aromatic ring is 1. The van der Waals surface area contributed by atoms with E-state index in [-0.39, 0.29) is 22.0 Å². The molecule has 0 saturated carbocycles. The number of phenols is 1. The lowest BCUT2D eigenvalue weighted by Crippen LogP contribution is -2.41. The summed E-state index contributed by atoms with van der Waals surface area (Å²) < 4.78 is 16.5. The van der Waals surface area contributed by atoms with Gasteiger partial charge in [-0.05, 0) is 36.3 Å². The van der Waals surface area contributed by atoms with Gasteiger partial charge in [-0.1, -0.05) is 20.8 Å². The molecule has 0 aliphatic carbocycles. The number of esters is 1. The van der Waals surface area contributed by atoms with Crippen LogP contribution in [0, 0.1) is 0 Å². The predicted molar refractivity (Wildman–Crippen MR) is 108 cm³/mol. The quantitative estimate of drug-likeness (QED) is 0.425. The first-order valence-electron chi connectivity index (χ1n) is 8.90. The lowest BCUT2D eigenvalue weighted by atomic mass is 9.99. The van der Waals surface area contributed by atoms with E-state index in [4.69, 9.17) is 19.3 Å². The van der Waals surface area contributed by atoms with Gasteiger partial charge in [0, 0.05) is 29.8 Å². The van der Waals surface area contributed by atoms with E-state index < -0.39 is 14.3 Å². The molecule has 0 saturated heterocycles. The Bertz CT molecular complexity index is 820. The van der Waals surface area contributed by atoms with Crippen LogP contribution in [0.4, 0.5) is 5.69 Å². The summed E-state index contributed by atoms with van der Waals surface area (Å²) in [6.07, 6.45) is 2.12. The molecular formula is C20H29NO5Si. The summed E-state index contributed by atoms with van der Waals surface area (Å²) in [6.45, 7) is 11.5. The largest absolute Gasteiger partial charge is 0.506 e. The molecule has 7 heteroatoms. The molecule has 0 amide bonds. The summed E-state index contributed by atoms with van der Waals surface area (Å²) >= 11 is 0. The molecule has 6 nitrogen and oxygen atoms in total. The molecule has 1 heterocycles. The van der Waals surface area contributed by atoms with Crippen LogP contribution in [-0.4, -0.2) is 33.1 Å². The number of rotatable bonds is 6. The maximum absolute atomic E-state index is 11.9. The molecule has 0 radical (unpaired) electrons. The molecule has 0 atom stereocenters. The third-order valence-electron chi connectivity index (χ3n) is 5.23. The van der Waals surface area contributed by atoms with Gasteiger partial charge in [0.25, 0.3) is 0 Å². The molecule has 2 rings (SSSR count). The Balaban J connectivity index is 2.27. The molecule has 148 valence electrons. The normalized spacial score (nSPS) is 12.2. The number of hydrogen-bond acceptors (Lipinski definition) is 6. The number of furan rings is 1. The minimum Gasteiger partial charge on any atom is -0.506 e. The van der Waals surface area contributed by atoms with Crippen LogP contribution in [0.3, 0.4) is 0 Å². The Morgan fingerprint density at radius 2 is 1.89 bits per heavy atom. The molecule has 0 spiro atoms. The minimum atomic E-state index is -1.85. The van der Waals surface area contributed by atoms with Crippen molar-refractivity contribution in [2.75, 3.05) is 19.5 Å². The van der Waals surface area contributed by atoms with E-state index in [0.717, 1.165) is 0 Å². The maximum atomic E-state index is 11.9. The first kappa shape index (κ1) is 21.1. The van der Waals surface area contributed by atoms with E-state index >= 15 is 0 Å². The standard InChI is InChI=1S/C20H29NO5Si/c1-20(2,3)27(5,6)26-12-10-16-13(9-11-25-16)14-7-8-15(21)17(18(14)22)19(23)24-4/h7-9,11,22H,10,12,21H2,1-6H3. The minimum absolute atomic E-state index is 0.0420. The molecule has 0 bridgehead atoms. The van der Waals surface area contributed by atoms with Gasteiger partial charge in [0.05, 0.1) is 13.4 Å². The van der Waals surface area contributed by atoms with Crippen molar-refractivity contribution in [2.45, 2.75) is 45.3 Å². The van der Waals surface area contributed by atoms with Gasteiger partial charge >= 0.3 is 5.97 Å².